The third-order valence-corrected chi connectivity index (χ3v) is 4.40. The molecule has 0 aromatic heterocycles. The first-order chi connectivity index (χ1) is 9.34. The van der Waals surface area contributed by atoms with Crippen LogP contribution in [0.1, 0.15) is 12.8 Å². The lowest BCUT2D eigenvalue weighted by atomic mass is 10.0. The van der Waals surface area contributed by atoms with Crippen LogP contribution in [0.4, 0.5) is 5.69 Å². The van der Waals surface area contributed by atoms with E-state index in [4.69, 9.17) is 4.74 Å². The molecule has 0 spiro atoms. The fourth-order valence-corrected chi connectivity index (χ4v) is 3.12. The van der Waals surface area contributed by atoms with Crippen molar-refractivity contribution in [3.63, 3.8) is 0 Å². The van der Waals surface area contributed by atoms with Crippen LogP contribution < -0.4 is 5.32 Å². The van der Waals surface area contributed by atoms with Gasteiger partial charge in [-0.2, -0.15) is 0 Å². The average Bonchev–Trinajstić information content (AvgIpc) is 2.48. The Kier molecular flexibility index (Phi) is 4.04. The lowest BCUT2D eigenvalue weighted by Gasteiger charge is -2.23. The minimum Gasteiger partial charge on any atom is -0.384 e. The average molecular weight is 320 g/mol. The van der Waals surface area contributed by atoms with Crippen LogP contribution in [0.5, 0.6) is 0 Å². The van der Waals surface area contributed by atoms with Crippen LogP contribution in [-0.4, -0.2) is 19.8 Å². The van der Waals surface area contributed by atoms with Crippen molar-refractivity contribution in [1.82, 2.24) is 0 Å². The summed E-state index contributed by atoms with van der Waals surface area (Å²) in [6.45, 7) is 2.81. The fraction of sp³-hybridized carbons (Fsp3) is 0.375. The van der Waals surface area contributed by atoms with E-state index in [1.54, 1.807) is 0 Å². The van der Waals surface area contributed by atoms with Gasteiger partial charge in [0.25, 0.3) is 0 Å². The van der Waals surface area contributed by atoms with Gasteiger partial charge in [-0.25, -0.2) is 0 Å². The molecule has 1 heterocycles. The molecule has 2 aromatic rings. The smallest absolute Gasteiger partial charge is 0.0511 e. The Morgan fingerprint density at radius 2 is 2.00 bits per heavy atom. The predicted octanol–water partition coefficient (Wildman–Crippen LogP) is 4.44. The highest BCUT2D eigenvalue weighted by atomic mass is 79.9. The number of hydrogen-bond donors (Lipinski definition) is 1. The Morgan fingerprint density at radius 1 is 1.16 bits per heavy atom. The summed E-state index contributed by atoms with van der Waals surface area (Å²) in [5.74, 6) is 0.635. The zero-order valence-corrected chi connectivity index (χ0v) is 12.4. The maximum Gasteiger partial charge on any atom is 0.0511 e. The molecule has 0 bridgehead atoms. The van der Waals surface area contributed by atoms with Gasteiger partial charge in [0.1, 0.15) is 0 Å². The zero-order chi connectivity index (χ0) is 13.1. The fourth-order valence-electron chi connectivity index (χ4n) is 2.64. The molecule has 2 nitrogen and oxygen atoms in total. The van der Waals surface area contributed by atoms with E-state index in [-0.39, 0.29) is 0 Å². The molecule has 1 unspecified atom stereocenters. The van der Waals surface area contributed by atoms with Gasteiger partial charge in [-0.15, -0.1) is 0 Å². The molecule has 1 N–H and O–H groups in total. The minimum absolute atomic E-state index is 0.635. The number of fused-ring (bicyclic) bond motifs is 1. The molecule has 3 rings (SSSR count). The third-order valence-electron chi connectivity index (χ3n) is 3.71. The molecule has 0 amide bonds. The van der Waals surface area contributed by atoms with E-state index in [9.17, 15) is 0 Å². The summed E-state index contributed by atoms with van der Waals surface area (Å²) in [7, 11) is 0. The third kappa shape index (κ3) is 2.93. The second-order valence-electron chi connectivity index (χ2n) is 5.10. The molecule has 0 saturated carbocycles. The van der Waals surface area contributed by atoms with Gasteiger partial charge in [0.2, 0.25) is 0 Å². The Bertz CT molecular complexity index is 564. The summed E-state index contributed by atoms with van der Waals surface area (Å²) < 4.78 is 6.68. The van der Waals surface area contributed by atoms with Crippen LogP contribution >= 0.6 is 15.9 Å². The number of rotatable bonds is 3. The lowest BCUT2D eigenvalue weighted by molar-refractivity contribution is 0.0595. The van der Waals surface area contributed by atoms with Crippen molar-refractivity contribution in [1.29, 1.82) is 0 Å². The summed E-state index contributed by atoms with van der Waals surface area (Å²) in [5.41, 5.74) is 1.21. The highest BCUT2D eigenvalue weighted by molar-refractivity contribution is 9.10. The molecule has 1 fully saturated rings. The Balaban J connectivity index is 1.79. The summed E-state index contributed by atoms with van der Waals surface area (Å²) >= 11 is 3.61. The van der Waals surface area contributed by atoms with Crippen LogP contribution in [0.3, 0.4) is 0 Å². The quantitative estimate of drug-likeness (QED) is 0.903. The maximum absolute atomic E-state index is 5.53. The molecule has 0 radical (unpaired) electrons. The van der Waals surface area contributed by atoms with Gasteiger partial charge in [-0.05, 0) is 36.3 Å². The predicted molar refractivity (Wildman–Crippen MR) is 83.7 cm³/mol. The molecule has 3 heteroatoms. The van der Waals surface area contributed by atoms with Crippen molar-refractivity contribution in [2.75, 3.05) is 25.1 Å². The van der Waals surface area contributed by atoms with Crippen molar-refractivity contribution < 1.29 is 4.74 Å². The van der Waals surface area contributed by atoms with Crippen LogP contribution in [0.15, 0.2) is 40.9 Å². The summed E-state index contributed by atoms with van der Waals surface area (Å²) in [6.07, 6.45) is 2.45. The molecular weight excluding hydrogens is 302 g/mol. The molecule has 1 aliphatic heterocycles. The first-order valence-corrected chi connectivity index (χ1v) is 7.63. The number of anilines is 1. The summed E-state index contributed by atoms with van der Waals surface area (Å²) in [6, 6.07) is 12.7. The Hall–Kier alpha value is -1.06. The van der Waals surface area contributed by atoms with E-state index in [2.05, 4.69) is 57.6 Å². The van der Waals surface area contributed by atoms with Crippen LogP contribution in [0, 0.1) is 5.92 Å². The number of halogens is 1. The molecular formula is C16H18BrNO. The molecule has 1 atom stereocenters. The van der Waals surface area contributed by atoms with Gasteiger partial charge in [0.05, 0.1) is 6.61 Å². The van der Waals surface area contributed by atoms with Gasteiger partial charge < -0.3 is 10.1 Å². The number of benzene rings is 2. The summed E-state index contributed by atoms with van der Waals surface area (Å²) in [4.78, 5) is 0. The highest BCUT2D eigenvalue weighted by Gasteiger charge is 2.14. The molecule has 2 aromatic carbocycles. The molecule has 100 valence electrons. The zero-order valence-electron chi connectivity index (χ0n) is 10.9. The van der Waals surface area contributed by atoms with E-state index in [1.165, 1.54) is 29.3 Å². The Labute approximate surface area is 122 Å². The standard InChI is InChI=1S/C16H18BrNO/c17-15-7-8-16(14-6-2-1-5-13(14)15)18-10-12-4-3-9-19-11-12/h1-2,5-8,12,18H,3-4,9-11H2. The normalized spacial score (nSPS) is 19.5. The van der Waals surface area contributed by atoms with E-state index < -0.39 is 0 Å². The second kappa shape index (κ2) is 5.93. The van der Waals surface area contributed by atoms with Crippen molar-refractivity contribution in [2.45, 2.75) is 12.8 Å². The van der Waals surface area contributed by atoms with Crippen LogP contribution in [0.25, 0.3) is 10.8 Å². The van der Waals surface area contributed by atoms with Crippen molar-refractivity contribution in [3.05, 3.63) is 40.9 Å². The SMILES string of the molecule is Brc1ccc(NCC2CCCOC2)c2ccccc12. The first kappa shape index (κ1) is 12.9. The van der Waals surface area contributed by atoms with Crippen molar-refractivity contribution >= 4 is 32.4 Å². The van der Waals surface area contributed by atoms with Gasteiger partial charge in [-0.3, -0.25) is 0 Å². The minimum atomic E-state index is 0.635. The number of hydrogen-bond acceptors (Lipinski definition) is 2. The van der Waals surface area contributed by atoms with E-state index in [0.29, 0.717) is 5.92 Å². The second-order valence-corrected chi connectivity index (χ2v) is 5.96. The van der Waals surface area contributed by atoms with Crippen molar-refractivity contribution in [2.24, 2.45) is 5.92 Å². The molecule has 1 aliphatic rings. The summed E-state index contributed by atoms with van der Waals surface area (Å²) in [5, 5.41) is 6.11. The van der Waals surface area contributed by atoms with E-state index in [0.717, 1.165) is 24.2 Å². The molecule has 1 saturated heterocycles. The number of ether oxygens (including phenoxy) is 1. The van der Waals surface area contributed by atoms with Gasteiger partial charge in [0, 0.05) is 28.7 Å². The monoisotopic (exact) mass is 319 g/mol. The Morgan fingerprint density at radius 3 is 2.79 bits per heavy atom. The molecule has 0 aliphatic carbocycles. The lowest BCUT2D eigenvalue weighted by Crippen LogP contribution is -2.24. The van der Waals surface area contributed by atoms with Gasteiger partial charge >= 0.3 is 0 Å². The van der Waals surface area contributed by atoms with Crippen molar-refractivity contribution in [3.8, 4) is 0 Å². The number of nitrogens with one attached hydrogen (secondary N) is 1. The largest absolute Gasteiger partial charge is 0.384 e. The van der Waals surface area contributed by atoms with Gasteiger partial charge in [0.15, 0.2) is 0 Å². The molecule has 19 heavy (non-hydrogen) atoms. The maximum atomic E-state index is 5.53. The topological polar surface area (TPSA) is 21.3 Å². The van der Waals surface area contributed by atoms with Crippen LogP contribution in [0.2, 0.25) is 0 Å². The highest BCUT2D eigenvalue weighted by Crippen LogP contribution is 2.30. The van der Waals surface area contributed by atoms with Gasteiger partial charge in [-0.1, -0.05) is 40.2 Å². The van der Waals surface area contributed by atoms with E-state index in [1.807, 2.05) is 0 Å². The first-order valence-electron chi connectivity index (χ1n) is 6.83. The van der Waals surface area contributed by atoms with E-state index >= 15 is 0 Å². The van der Waals surface area contributed by atoms with Crippen LogP contribution in [-0.2, 0) is 4.74 Å².